The Morgan fingerprint density at radius 3 is 1.32 bits per heavy atom. The van der Waals surface area contributed by atoms with Crippen LogP contribution in [0.15, 0.2) is 24.3 Å². The van der Waals surface area contributed by atoms with Crippen molar-refractivity contribution < 1.29 is 38.1 Å². The number of hydrogen-bond acceptors (Lipinski definition) is 8. The molecule has 0 aliphatic carbocycles. The summed E-state index contributed by atoms with van der Waals surface area (Å²) in [6.45, 7) is 1.85. The van der Waals surface area contributed by atoms with Gasteiger partial charge in [0.1, 0.15) is 22.5 Å². The lowest BCUT2D eigenvalue weighted by atomic mass is 10.1. The molecule has 0 radical (unpaired) electrons. The van der Waals surface area contributed by atoms with E-state index in [1.165, 1.54) is 0 Å². The maximum atomic E-state index is 12.5. The van der Waals surface area contributed by atoms with E-state index in [9.17, 15) is 19.2 Å². The number of rotatable bonds is 5. The first-order valence-electron chi connectivity index (χ1n) is 8.01. The van der Waals surface area contributed by atoms with Crippen molar-refractivity contribution in [1.29, 1.82) is 0 Å². The summed E-state index contributed by atoms with van der Waals surface area (Å²) in [5.74, 6) is -3.95. The first kappa shape index (κ1) is 20.7. The van der Waals surface area contributed by atoms with Crippen molar-refractivity contribution in [3.8, 4) is 5.69 Å². The van der Waals surface area contributed by atoms with Crippen molar-refractivity contribution in [1.82, 2.24) is 4.57 Å². The molecule has 2 rings (SSSR count). The van der Waals surface area contributed by atoms with Crippen LogP contribution in [0, 0.1) is 6.92 Å². The van der Waals surface area contributed by atoms with E-state index < -0.39 is 35.0 Å². The Morgan fingerprint density at radius 2 is 1.00 bits per heavy atom. The second kappa shape index (κ2) is 8.38. The fourth-order valence-corrected chi connectivity index (χ4v) is 2.71. The molecule has 2 aromatic rings. The number of carbonyl (C=O) groups is 4. The smallest absolute Gasteiger partial charge is 0.355 e. The summed E-state index contributed by atoms with van der Waals surface area (Å²) in [4.78, 5) is 50.0. The molecule has 0 unspecified atom stereocenters. The highest BCUT2D eigenvalue weighted by molar-refractivity contribution is 6.15. The molecule has 0 aliphatic rings. The highest BCUT2D eigenvalue weighted by Gasteiger charge is 2.39. The van der Waals surface area contributed by atoms with Crippen LogP contribution in [0.3, 0.4) is 0 Å². The van der Waals surface area contributed by atoms with Gasteiger partial charge in [0, 0.05) is 5.69 Å². The molecular weight excluding hydrogens is 370 g/mol. The summed E-state index contributed by atoms with van der Waals surface area (Å²) < 4.78 is 20.1. The summed E-state index contributed by atoms with van der Waals surface area (Å²) in [6.07, 6.45) is 0. The number of carbonyl (C=O) groups excluding carboxylic acids is 4. The van der Waals surface area contributed by atoms with Crippen molar-refractivity contribution in [3.05, 3.63) is 52.3 Å². The lowest BCUT2D eigenvalue weighted by Crippen LogP contribution is -2.17. The van der Waals surface area contributed by atoms with Crippen LogP contribution < -0.4 is 0 Å². The normalized spacial score (nSPS) is 10.2. The van der Waals surface area contributed by atoms with Crippen molar-refractivity contribution in [2.24, 2.45) is 0 Å². The number of methoxy groups -OCH3 is 4. The van der Waals surface area contributed by atoms with E-state index in [2.05, 4.69) is 0 Å². The number of esters is 4. The maximum absolute atomic E-state index is 12.5. The summed E-state index contributed by atoms with van der Waals surface area (Å²) in [5, 5.41) is 0. The van der Waals surface area contributed by atoms with E-state index in [4.69, 9.17) is 18.9 Å². The Morgan fingerprint density at radius 1 is 0.643 bits per heavy atom. The topological polar surface area (TPSA) is 110 Å². The number of ether oxygens (including phenoxy) is 4. The fourth-order valence-electron chi connectivity index (χ4n) is 2.71. The zero-order chi connectivity index (χ0) is 21.0. The van der Waals surface area contributed by atoms with Gasteiger partial charge in [-0.15, -0.1) is 0 Å². The van der Waals surface area contributed by atoms with Gasteiger partial charge in [-0.2, -0.15) is 0 Å². The molecular formula is C19H19NO8. The Hall–Kier alpha value is -3.62. The minimum Gasteiger partial charge on any atom is -0.465 e. The SMILES string of the molecule is COC(=O)c1c(C(=O)OC)c(C(=O)OC)n(-c2ccc(C)cc2)c1C(=O)OC. The summed E-state index contributed by atoms with van der Waals surface area (Å²) >= 11 is 0. The molecule has 0 amide bonds. The van der Waals surface area contributed by atoms with E-state index >= 15 is 0 Å². The van der Waals surface area contributed by atoms with Gasteiger partial charge in [0.05, 0.1) is 28.4 Å². The van der Waals surface area contributed by atoms with Gasteiger partial charge in [0.25, 0.3) is 0 Å². The van der Waals surface area contributed by atoms with Gasteiger partial charge in [-0.3, -0.25) is 4.57 Å². The summed E-state index contributed by atoms with van der Waals surface area (Å²) in [5.41, 5.74) is -0.398. The summed E-state index contributed by atoms with van der Waals surface area (Å²) in [6, 6.07) is 6.67. The molecule has 0 N–H and O–H groups in total. The minimum absolute atomic E-state index is 0.326. The molecule has 0 saturated carbocycles. The van der Waals surface area contributed by atoms with Gasteiger partial charge in [-0.05, 0) is 19.1 Å². The van der Waals surface area contributed by atoms with Crippen LogP contribution in [0.2, 0.25) is 0 Å². The van der Waals surface area contributed by atoms with Crippen LogP contribution in [0.5, 0.6) is 0 Å². The van der Waals surface area contributed by atoms with E-state index in [-0.39, 0.29) is 11.4 Å². The molecule has 1 heterocycles. The highest BCUT2D eigenvalue weighted by Crippen LogP contribution is 2.30. The van der Waals surface area contributed by atoms with Crippen LogP contribution in [-0.4, -0.2) is 56.9 Å². The Bertz CT molecular complexity index is 886. The van der Waals surface area contributed by atoms with E-state index in [1.807, 2.05) is 6.92 Å². The number of benzene rings is 1. The predicted molar refractivity (Wildman–Crippen MR) is 95.9 cm³/mol. The second-order valence-electron chi connectivity index (χ2n) is 5.58. The predicted octanol–water partition coefficient (Wildman–Crippen LogP) is 1.93. The maximum Gasteiger partial charge on any atom is 0.355 e. The minimum atomic E-state index is -1.02. The van der Waals surface area contributed by atoms with Crippen LogP contribution in [0.1, 0.15) is 47.3 Å². The molecule has 0 aliphatic heterocycles. The van der Waals surface area contributed by atoms with Crippen LogP contribution in [-0.2, 0) is 18.9 Å². The van der Waals surface area contributed by atoms with Gasteiger partial charge in [0.15, 0.2) is 0 Å². The third kappa shape index (κ3) is 3.46. The molecule has 28 heavy (non-hydrogen) atoms. The fraction of sp³-hybridized carbons (Fsp3) is 0.263. The lowest BCUT2D eigenvalue weighted by molar-refractivity contribution is 0.0530. The van der Waals surface area contributed by atoms with Crippen LogP contribution in [0.4, 0.5) is 0 Å². The lowest BCUT2D eigenvalue weighted by Gasteiger charge is -2.12. The Balaban J connectivity index is 3.09. The molecule has 9 heteroatoms. The third-order valence-electron chi connectivity index (χ3n) is 4.00. The largest absolute Gasteiger partial charge is 0.465 e. The number of hydrogen-bond donors (Lipinski definition) is 0. The first-order chi connectivity index (χ1) is 13.3. The van der Waals surface area contributed by atoms with E-state index in [0.717, 1.165) is 38.6 Å². The standard InChI is InChI=1S/C19H19NO8/c1-10-6-8-11(9-7-10)20-14(18(23)27-4)12(16(21)25-2)13(17(22)26-3)15(20)19(24)28-5/h6-9H,1-5H3. The van der Waals surface area contributed by atoms with Crippen molar-refractivity contribution >= 4 is 23.9 Å². The van der Waals surface area contributed by atoms with E-state index in [1.54, 1.807) is 24.3 Å². The van der Waals surface area contributed by atoms with Crippen LogP contribution >= 0.6 is 0 Å². The molecule has 0 saturated heterocycles. The van der Waals surface area contributed by atoms with Crippen molar-refractivity contribution in [2.75, 3.05) is 28.4 Å². The first-order valence-corrected chi connectivity index (χ1v) is 8.01. The Kier molecular flexibility index (Phi) is 6.19. The molecule has 9 nitrogen and oxygen atoms in total. The number of nitrogens with zero attached hydrogens (tertiary/aromatic N) is 1. The van der Waals surface area contributed by atoms with Gasteiger partial charge in [0.2, 0.25) is 0 Å². The molecule has 0 bridgehead atoms. The average Bonchev–Trinajstić information content (AvgIpc) is 3.07. The quantitative estimate of drug-likeness (QED) is 0.564. The van der Waals surface area contributed by atoms with Gasteiger partial charge >= 0.3 is 23.9 Å². The second-order valence-corrected chi connectivity index (χ2v) is 5.58. The molecule has 0 fully saturated rings. The van der Waals surface area contributed by atoms with Crippen molar-refractivity contribution in [2.45, 2.75) is 6.92 Å². The summed E-state index contributed by atoms with van der Waals surface area (Å²) in [7, 11) is 4.36. The van der Waals surface area contributed by atoms with Gasteiger partial charge in [-0.1, -0.05) is 17.7 Å². The van der Waals surface area contributed by atoms with Crippen molar-refractivity contribution in [3.63, 3.8) is 0 Å². The van der Waals surface area contributed by atoms with Gasteiger partial charge in [-0.25, -0.2) is 19.2 Å². The monoisotopic (exact) mass is 389 g/mol. The highest BCUT2D eigenvalue weighted by atomic mass is 16.5. The average molecular weight is 389 g/mol. The van der Waals surface area contributed by atoms with E-state index in [0.29, 0.717) is 5.69 Å². The molecule has 0 atom stereocenters. The number of aromatic nitrogens is 1. The van der Waals surface area contributed by atoms with Crippen LogP contribution in [0.25, 0.3) is 5.69 Å². The molecule has 1 aromatic heterocycles. The molecule has 148 valence electrons. The zero-order valence-electron chi connectivity index (χ0n) is 16.0. The third-order valence-corrected chi connectivity index (χ3v) is 4.00. The Labute approximate surface area is 160 Å². The zero-order valence-corrected chi connectivity index (χ0v) is 16.0. The molecule has 1 aromatic carbocycles. The number of aryl methyl sites for hydroxylation is 1. The van der Waals surface area contributed by atoms with Gasteiger partial charge < -0.3 is 18.9 Å². The molecule has 0 spiro atoms.